The second kappa shape index (κ2) is 3.48. The summed E-state index contributed by atoms with van der Waals surface area (Å²) >= 11 is 0. The first kappa shape index (κ1) is 10.4. The zero-order valence-corrected chi connectivity index (χ0v) is 9.53. The van der Waals surface area contributed by atoms with Crippen LogP contribution in [-0.4, -0.2) is 24.1 Å². The van der Waals surface area contributed by atoms with Gasteiger partial charge in [0.05, 0.1) is 14.6 Å². The van der Waals surface area contributed by atoms with Crippen molar-refractivity contribution < 1.29 is 8.60 Å². The van der Waals surface area contributed by atoms with Gasteiger partial charge >= 0.3 is 0 Å². The van der Waals surface area contributed by atoms with Crippen LogP contribution in [0.3, 0.4) is 0 Å². The molecule has 1 N–H and O–H groups in total. The summed E-state index contributed by atoms with van der Waals surface area (Å²) in [5, 5.41) is 3.13. The molecule has 0 saturated heterocycles. The topological polar surface area (TPSA) is 41.5 Å². The van der Waals surface area contributed by atoms with E-state index in [0.717, 1.165) is 24.2 Å². The van der Waals surface area contributed by atoms with E-state index in [1.54, 1.807) is 6.07 Å². The van der Waals surface area contributed by atoms with Crippen molar-refractivity contribution in [2.75, 3.05) is 25.2 Å². The molecule has 1 atom stereocenters. The molecule has 1 aromatic carbocycles. The number of nitrogens with one attached hydrogen (secondary N) is 1. The molecular weight excluding hydrogens is 215 g/mol. The molecule has 15 heavy (non-hydrogen) atoms. The lowest BCUT2D eigenvalue weighted by Crippen LogP contribution is -2.02. The summed E-state index contributed by atoms with van der Waals surface area (Å²) in [6.45, 7) is 0.812. The summed E-state index contributed by atoms with van der Waals surface area (Å²) in [5.74, 6) is -0.421. The van der Waals surface area contributed by atoms with E-state index >= 15 is 0 Å². The first-order chi connectivity index (χ1) is 7.04. The molecule has 1 unspecified atom stereocenters. The van der Waals surface area contributed by atoms with Crippen molar-refractivity contribution in [3.63, 3.8) is 0 Å². The second-order valence-electron chi connectivity index (χ2n) is 3.60. The van der Waals surface area contributed by atoms with Crippen molar-refractivity contribution in [2.45, 2.75) is 11.3 Å². The highest BCUT2D eigenvalue weighted by Crippen LogP contribution is 2.28. The van der Waals surface area contributed by atoms with Crippen LogP contribution in [0.25, 0.3) is 0 Å². The van der Waals surface area contributed by atoms with Crippen molar-refractivity contribution in [1.82, 2.24) is 0 Å². The van der Waals surface area contributed by atoms with Gasteiger partial charge in [-0.05, 0) is 24.1 Å². The highest BCUT2D eigenvalue weighted by molar-refractivity contribution is 7.93. The van der Waals surface area contributed by atoms with Gasteiger partial charge in [0.25, 0.3) is 0 Å². The first-order valence-corrected chi connectivity index (χ1v) is 6.63. The molecular formula is C10H13FN2OS. The average molecular weight is 228 g/mol. The Morgan fingerprint density at radius 2 is 2.27 bits per heavy atom. The molecule has 5 heteroatoms. The van der Waals surface area contributed by atoms with E-state index in [1.807, 2.05) is 0 Å². The van der Waals surface area contributed by atoms with Crippen LogP contribution in [0, 0.1) is 5.82 Å². The van der Waals surface area contributed by atoms with Gasteiger partial charge in [0.15, 0.2) is 0 Å². The fraction of sp³-hybridized carbons (Fsp3) is 0.400. The summed E-state index contributed by atoms with van der Waals surface area (Å²) in [5.41, 5.74) is 1.83. The summed E-state index contributed by atoms with van der Waals surface area (Å²) in [4.78, 5) is 0.193. The fourth-order valence-electron chi connectivity index (χ4n) is 1.69. The Bertz CT molecular complexity index is 518. The molecule has 0 aromatic heterocycles. The van der Waals surface area contributed by atoms with Crippen LogP contribution in [0.4, 0.5) is 10.1 Å². The van der Waals surface area contributed by atoms with Gasteiger partial charge in [-0.2, -0.15) is 0 Å². The second-order valence-corrected chi connectivity index (χ2v) is 6.01. The molecule has 0 saturated carbocycles. The minimum absolute atomic E-state index is 0.193. The van der Waals surface area contributed by atoms with Crippen molar-refractivity contribution >= 4 is 15.4 Å². The van der Waals surface area contributed by atoms with Gasteiger partial charge in [-0.15, -0.1) is 0 Å². The zero-order valence-electron chi connectivity index (χ0n) is 8.71. The standard InChI is InChI=1S/C10H13FN2OS/c1-12-15(2,14)10-6-9-7(3-4-13-9)5-8(10)11/h5-6,13H,3-4H2,1-2H3. The third-order valence-corrected chi connectivity index (χ3v) is 4.45. The van der Waals surface area contributed by atoms with Crippen molar-refractivity contribution in [1.29, 1.82) is 0 Å². The molecule has 0 spiro atoms. The van der Waals surface area contributed by atoms with Crippen molar-refractivity contribution in [3.8, 4) is 0 Å². The number of halogens is 1. The van der Waals surface area contributed by atoms with Gasteiger partial charge in [-0.1, -0.05) is 0 Å². The van der Waals surface area contributed by atoms with E-state index in [2.05, 4.69) is 9.68 Å². The van der Waals surface area contributed by atoms with E-state index in [4.69, 9.17) is 0 Å². The molecule has 1 aliphatic rings. The minimum atomic E-state index is -2.59. The van der Waals surface area contributed by atoms with E-state index in [9.17, 15) is 8.60 Å². The highest BCUT2D eigenvalue weighted by atomic mass is 32.2. The largest absolute Gasteiger partial charge is 0.384 e. The van der Waals surface area contributed by atoms with E-state index in [-0.39, 0.29) is 4.90 Å². The van der Waals surface area contributed by atoms with Gasteiger partial charge < -0.3 is 5.32 Å². The molecule has 0 radical (unpaired) electrons. The molecule has 0 bridgehead atoms. The molecule has 1 aliphatic heterocycles. The Balaban J connectivity index is 2.65. The number of fused-ring (bicyclic) bond motifs is 1. The summed E-state index contributed by atoms with van der Waals surface area (Å²) < 4.78 is 29.3. The normalized spacial score (nSPS) is 17.8. The predicted molar refractivity (Wildman–Crippen MR) is 59.3 cm³/mol. The molecule has 82 valence electrons. The highest BCUT2D eigenvalue weighted by Gasteiger charge is 2.18. The zero-order chi connectivity index (χ0) is 11.1. The Kier molecular flexibility index (Phi) is 2.42. The lowest BCUT2D eigenvalue weighted by molar-refractivity contribution is 0.593. The fourth-order valence-corrected chi connectivity index (χ4v) is 2.64. The summed E-state index contributed by atoms with van der Waals surface area (Å²) in [6, 6.07) is 3.08. The smallest absolute Gasteiger partial charge is 0.140 e. The van der Waals surface area contributed by atoms with Gasteiger partial charge in [0.2, 0.25) is 0 Å². The van der Waals surface area contributed by atoms with Crippen LogP contribution < -0.4 is 5.32 Å². The summed E-state index contributed by atoms with van der Waals surface area (Å²) in [7, 11) is -1.14. The molecule has 1 heterocycles. The van der Waals surface area contributed by atoms with Gasteiger partial charge in [0, 0.05) is 25.5 Å². The lowest BCUT2D eigenvalue weighted by atomic mass is 10.2. The van der Waals surface area contributed by atoms with E-state index in [1.165, 1.54) is 19.4 Å². The quantitative estimate of drug-likeness (QED) is 0.797. The Hall–Kier alpha value is -1.10. The third kappa shape index (κ3) is 1.71. The molecule has 3 nitrogen and oxygen atoms in total. The van der Waals surface area contributed by atoms with Crippen LogP contribution in [0.5, 0.6) is 0 Å². The maximum absolute atomic E-state index is 13.7. The number of nitrogens with zero attached hydrogens (tertiary/aromatic N) is 1. The molecule has 0 amide bonds. The predicted octanol–water partition coefficient (Wildman–Crippen LogP) is 1.88. The Morgan fingerprint density at radius 1 is 1.53 bits per heavy atom. The van der Waals surface area contributed by atoms with Crippen molar-refractivity contribution in [3.05, 3.63) is 23.5 Å². The average Bonchev–Trinajstić information content (AvgIpc) is 2.63. The minimum Gasteiger partial charge on any atom is -0.384 e. The van der Waals surface area contributed by atoms with Crippen LogP contribution in [0.2, 0.25) is 0 Å². The number of rotatable bonds is 1. The maximum atomic E-state index is 13.7. The van der Waals surface area contributed by atoms with E-state index < -0.39 is 15.5 Å². The Morgan fingerprint density at radius 3 is 2.93 bits per heavy atom. The molecule has 0 aliphatic carbocycles. The number of hydrogen-bond acceptors (Lipinski definition) is 3. The SMILES string of the molecule is CN=S(C)(=O)c1cc2c(cc1F)CCN2. The van der Waals surface area contributed by atoms with Crippen LogP contribution in [-0.2, 0) is 16.1 Å². The molecule has 0 fully saturated rings. The molecule has 1 aromatic rings. The Labute approximate surface area is 88.9 Å². The van der Waals surface area contributed by atoms with Crippen LogP contribution in [0.15, 0.2) is 21.4 Å². The maximum Gasteiger partial charge on any atom is 0.140 e. The molecule has 2 rings (SSSR count). The monoisotopic (exact) mass is 228 g/mol. The van der Waals surface area contributed by atoms with Crippen LogP contribution in [0.1, 0.15) is 5.56 Å². The number of hydrogen-bond donors (Lipinski definition) is 1. The lowest BCUT2D eigenvalue weighted by Gasteiger charge is -2.08. The van der Waals surface area contributed by atoms with E-state index in [0.29, 0.717) is 0 Å². The first-order valence-electron chi connectivity index (χ1n) is 4.71. The third-order valence-electron chi connectivity index (χ3n) is 2.62. The van der Waals surface area contributed by atoms with Crippen LogP contribution >= 0.6 is 0 Å². The van der Waals surface area contributed by atoms with Gasteiger partial charge in [-0.25, -0.2) is 13.0 Å². The summed E-state index contributed by atoms with van der Waals surface area (Å²) in [6.07, 6.45) is 2.27. The van der Waals surface area contributed by atoms with Gasteiger partial charge in [0.1, 0.15) is 5.82 Å². The number of anilines is 1. The van der Waals surface area contributed by atoms with Crippen molar-refractivity contribution in [2.24, 2.45) is 4.36 Å². The van der Waals surface area contributed by atoms with Gasteiger partial charge in [-0.3, -0.25) is 0 Å². The number of benzene rings is 1.